The minimum atomic E-state index is -4.55. The van der Waals surface area contributed by atoms with Crippen molar-refractivity contribution in [2.75, 3.05) is 0 Å². The van der Waals surface area contributed by atoms with E-state index in [0.29, 0.717) is 4.68 Å². The Kier molecular flexibility index (Phi) is 5.07. The highest BCUT2D eigenvalue weighted by molar-refractivity contribution is 5.76. The normalized spacial score (nSPS) is 12.8. The Morgan fingerprint density at radius 3 is 2.41 bits per heavy atom. The van der Waals surface area contributed by atoms with Crippen LogP contribution in [-0.2, 0) is 17.5 Å². The fourth-order valence-corrected chi connectivity index (χ4v) is 2.84. The first-order valence-corrected chi connectivity index (χ1v) is 8.38. The molecule has 5 nitrogen and oxygen atoms in total. The Morgan fingerprint density at radius 1 is 1.19 bits per heavy atom. The van der Waals surface area contributed by atoms with E-state index >= 15 is 0 Å². The van der Waals surface area contributed by atoms with E-state index in [1.807, 2.05) is 53.4 Å². The molecule has 0 fully saturated rings. The standard InChI is InChI=1S/C19H19F3N4O/c1-13-11-17(19(20,21)22)26(24-13)12-18(27)23-14(2)15-5-7-16(8-6-15)25-9-3-4-10-25/h3-11,14H,12H2,1-2H3,(H,23,27). The molecule has 1 aromatic carbocycles. The van der Waals surface area contributed by atoms with Crippen LogP contribution >= 0.6 is 0 Å². The average molecular weight is 376 g/mol. The molecule has 0 aliphatic heterocycles. The number of benzene rings is 1. The number of nitrogens with zero attached hydrogens (tertiary/aromatic N) is 3. The molecule has 0 saturated carbocycles. The van der Waals surface area contributed by atoms with Gasteiger partial charge < -0.3 is 9.88 Å². The van der Waals surface area contributed by atoms with Gasteiger partial charge in [0, 0.05) is 18.1 Å². The van der Waals surface area contributed by atoms with E-state index in [1.165, 1.54) is 6.92 Å². The number of nitrogens with one attached hydrogen (secondary N) is 1. The van der Waals surface area contributed by atoms with Crippen LogP contribution in [0.3, 0.4) is 0 Å². The zero-order chi connectivity index (χ0) is 19.6. The molecule has 0 spiro atoms. The molecular formula is C19H19F3N4O. The maximum Gasteiger partial charge on any atom is 0.433 e. The number of carbonyl (C=O) groups is 1. The fourth-order valence-electron chi connectivity index (χ4n) is 2.84. The van der Waals surface area contributed by atoms with Crippen molar-refractivity contribution in [2.45, 2.75) is 32.6 Å². The molecule has 2 aromatic heterocycles. The van der Waals surface area contributed by atoms with Gasteiger partial charge in [-0.3, -0.25) is 9.48 Å². The maximum absolute atomic E-state index is 13.0. The molecule has 2 heterocycles. The van der Waals surface area contributed by atoms with Crippen molar-refractivity contribution in [1.29, 1.82) is 0 Å². The summed E-state index contributed by atoms with van der Waals surface area (Å²) in [4.78, 5) is 12.2. The van der Waals surface area contributed by atoms with Crippen LogP contribution in [-0.4, -0.2) is 20.3 Å². The van der Waals surface area contributed by atoms with Crippen molar-refractivity contribution < 1.29 is 18.0 Å². The Morgan fingerprint density at radius 2 is 1.81 bits per heavy atom. The average Bonchev–Trinajstić information content (AvgIpc) is 3.24. The van der Waals surface area contributed by atoms with Gasteiger partial charge in [0.05, 0.1) is 11.7 Å². The second-order valence-corrected chi connectivity index (χ2v) is 6.30. The zero-order valence-electron chi connectivity index (χ0n) is 14.9. The molecule has 0 bridgehead atoms. The number of carbonyl (C=O) groups excluding carboxylic acids is 1. The number of hydrogen-bond acceptors (Lipinski definition) is 2. The van der Waals surface area contributed by atoms with E-state index in [4.69, 9.17) is 0 Å². The number of alkyl halides is 3. The first kappa shape index (κ1) is 18.8. The molecule has 8 heteroatoms. The monoisotopic (exact) mass is 376 g/mol. The molecule has 27 heavy (non-hydrogen) atoms. The quantitative estimate of drug-likeness (QED) is 0.735. The van der Waals surface area contributed by atoms with E-state index in [0.717, 1.165) is 17.3 Å². The van der Waals surface area contributed by atoms with Gasteiger partial charge in [-0.2, -0.15) is 18.3 Å². The van der Waals surface area contributed by atoms with Crippen LogP contribution in [0.5, 0.6) is 0 Å². The number of hydrogen-bond donors (Lipinski definition) is 1. The van der Waals surface area contributed by atoms with Gasteiger partial charge in [-0.15, -0.1) is 0 Å². The number of rotatable bonds is 5. The highest BCUT2D eigenvalue weighted by Crippen LogP contribution is 2.29. The summed E-state index contributed by atoms with van der Waals surface area (Å²) in [7, 11) is 0. The largest absolute Gasteiger partial charge is 0.433 e. The number of halogens is 3. The van der Waals surface area contributed by atoms with E-state index in [1.54, 1.807) is 6.92 Å². The highest BCUT2D eigenvalue weighted by Gasteiger charge is 2.35. The summed E-state index contributed by atoms with van der Waals surface area (Å²) >= 11 is 0. The van der Waals surface area contributed by atoms with Crippen LogP contribution < -0.4 is 5.32 Å². The van der Waals surface area contributed by atoms with Crippen LogP contribution in [0.2, 0.25) is 0 Å². The van der Waals surface area contributed by atoms with Gasteiger partial charge in [-0.05, 0) is 49.7 Å². The number of aromatic nitrogens is 3. The third-order valence-corrected chi connectivity index (χ3v) is 4.16. The van der Waals surface area contributed by atoms with Crippen LogP contribution in [0.4, 0.5) is 13.2 Å². The van der Waals surface area contributed by atoms with Gasteiger partial charge >= 0.3 is 6.18 Å². The summed E-state index contributed by atoms with van der Waals surface area (Å²) in [5.41, 5.74) is 1.11. The summed E-state index contributed by atoms with van der Waals surface area (Å²) in [5.74, 6) is -0.536. The first-order chi connectivity index (χ1) is 12.7. The summed E-state index contributed by atoms with van der Waals surface area (Å²) in [6, 6.07) is 12.0. The van der Waals surface area contributed by atoms with E-state index in [9.17, 15) is 18.0 Å². The van der Waals surface area contributed by atoms with E-state index in [-0.39, 0.29) is 11.7 Å². The van der Waals surface area contributed by atoms with Gasteiger partial charge in [0.15, 0.2) is 0 Å². The van der Waals surface area contributed by atoms with Gasteiger partial charge in [-0.25, -0.2) is 0 Å². The lowest BCUT2D eigenvalue weighted by atomic mass is 10.1. The van der Waals surface area contributed by atoms with Crippen molar-refractivity contribution >= 4 is 5.91 Å². The lowest BCUT2D eigenvalue weighted by Gasteiger charge is -2.16. The van der Waals surface area contributed by atoms with Crippen LogP contribution in [0, 0.1) is 6.92 Å². The van der Waals surface area contributed by atoms with Crippen molar-refractivity contribution in [2.24, 2.45) is 0 Å². The number of amides is 1. The molecule has 142 valence electrons. The van der Waals surface area contributed by atoms with Crippen molar-refractivity contribution in [1.82, 2.24) is 19.7 Å². The second kappa shape index (κ2) is 7.30. The summed E-state index contributed by atoms with van der Waals surface area (Å²) < 4.78 is 41.6. The van der Waals surface area contributed by atoms with Crippen LogP contribution in [0.1, 0.15) is 29.9 Å². The molecule has 1 amide bonds. The molecule has 3 rings (SSSR count). The minimum absolute atomic E-state index is 0.212. The SMILES string of the molecule is Cc1cc(C(F)(F)F)n(CC(=O)NC(C)c2ccc(-n3cccc3)cc2)n1. The molecule has 0 radical (unpaired) electrons. The maximum atomic E-state index is 13.0. The lowest BCUT2D eigenvalue weighted by molar-refractivity contribution is -0.144. The lowest BCUT2D eigenvalue weighted by Crippen LogP contribution is -2.31. The summed E-state index contributed by atoms with van der Waals surface area (Å²) in [5, 5.41) is 6.48. The molecule has 0 aliphatic rings. The molecule has 3 aromatic rings. The van der Waals surface area contributed by atoms with E-state index < -0.39 is 24.3 Å². The Labute approximate surface area is 154 Å². The Balaban J connectivity index is 1.66. The topological polar surface area (TPSA) is 51.9 Å². The molecular weight excluding hydrogens is 357 g/mol. The zero-order valence-corrected chi connectivity index (χ0v) is 14.9. The molecule has 0 saturated heterocycles. The Bertz CT molecular complexity index is 912. The summed E-state index contributed by atoms with van der Waals surface area (Å²) in [6.45, 7) is 2.74. The predicted molar refractivity (Wildman–Crippen MR) is 94.3 cm³/mol. The van der Waals surface area contributed by atoms with Gasteiger partial charge in [0.25, 0.3) is 0 Å². The summed E-state index contributed by atoms with van der Waals surface area (Å²) in [6.07, 6.45) is -0.712. The van der Waals surface area contributed by atoms with Crippen molar-refractivity contribution in [3.05, 3.63) is 71.8 Å². The van der Waals surface area contributed by atoms with Gasteiger partial charge in [-0.1, -0.05) is 12.1 Å². The third-order valence-electron chi connectivity index (χ3n) is 4.16. The molecule has 1 unspecified atom stereocenters. The molecule has 0 aliphatic carbocycles. The van der Waals surface area contributed by atoms with Gasteiger partial charge in [0.1, 0.15) is 12.2 Å². The third kappa shape index (κ3) is 4.39. The predicted octanol–water partition coefficient (Wildman–Crippen LogP) is 3.88. The van der Waals surface area contributed by atoms with E-state index in [2.05, 4.69) is 10.4 Å². The van der Waals surface area contributed by atoms with Gasteiger partial charge in [0.2, 0.25) is 5.91 Å². The second-order valence-electron chi connectivity index (χ2n) is 6.30. The number of aryl methyl sites for hydroxylation is 1. The fraction of sp³-hybridized carbons (Fsp3) is 0.263. The van der Waals surface area contributed by atoms with Crippen LogP contribution in [0.25, 0.3) is 5.69 Å². The Hall–Kier alpha value is -3.03. The smallest absolute Gasteiger partial charge is 0.348 e. The van der Waals surface area contributed by atoms with Crippen LogP contribution in [0.15, 0.2) is 54.9 Å². The van der Waals surface area contributed by atoms with Crippen molar-refractivity contribution in [3.63, 3.8) is 0 Å². The molecule has 1 N–H and O–H groups in total. The minimum Gasteiger partial charge on any atom is -0.348 e. The molecule has 1 atom stereocenters. The highest BCUT2D eigenvalue weighted by atomic mass is 19.4. The first-order valence-electron chi connectivity index (χ1n) is 8.38. The van der Waals surface area contributed by atoms with Crippen molar-refractivity contribution in [3.8, 4) is 5.69 Å².